The van der Waals surface area contributed by atoms with Crippen LogP contribution in [0.4, 0.5) is 0 Å². The van der Waals surface area contributed by atoms with Crippen molar-refractivity contribution in [2.24, 2.45) is 0 Å². The molecule has 0 fully saturated rings. The van der Waals surface area contributed by atoms with Gasteiger partial charge >= 0.3 is 5.97 Å². The Morgan fingerprint density at radius 2 is 1.64 bits per heavy atom. The standard InChI is InChI=1S/C23H12Cl4O6/c1-2-14(28)8-3-13(26)20(23(31)32)21(22(8)27)19-9-4-11(24)15(29)6-17(9)33-18-7-16(30)12(25)5-10(18)19/h3-7,29H,2H2,1H3,(H,31,32). The van der Waals surface area contributed by atoms with Crippen LogP contribution in [0, 0.1) is 0 Å². The molecule has 0 amide bonds. The van der Waals surface area contributed by atoms with Crippen molar-refractivity contribution in [3.8, 4) is 28.2 Å². The Hall–Kier alpha value is -2.77. The van der Waals surface area contributed by atoms with Crippen molar-refractivity contribution in [1.29, 1.82) is 0 Å². The van der Waals surface area contributed by atoms with Crippen LogP contribution in [0.2, 0.25) is 20.1 Å². The van der Waals surface area contributed by atoms with Crippen LogP contribution in [-0.4, -0.2) is 22.0 Å². The molecule has 1 aliphatic carbocycles. The Kier molecular flexibility index (Phi) is 6.05. The number of halogens is 4. The molecule has 0 radical (unpaired) electrons. The molecule has 2 aromatic carbocycles. The highest BCUT2D eigenvalue weighted by atomic mass is 35.5. The van der Waals surface area contributed by atoms with Gasteiger partial charge in [0.1, 0.15) is 17.1 Å². The molecule has 168 valence electrons. The minimum Gasteiger partial charge on any atom is -0.506 e. The van der Waals surface area contributed by atoms with Crippen molar-refractivity contribution < 1.29 is 24.2 Å². The van der Waals surface area contributed by atoms with Crippen molar-refractivity contribution >= 4 is 69.1 Å². The third-order valence-electron chi connectivity index (χ3n) is 5.14. The van der Waals surface area contributed by atoms with E-state index in [-0.39, 0.29) is 82.6 Å². The van der Waals surface area contributed by atoms with E-state index in [2.05, 4.69) is 0 Å². The second kappa shape index (κ2) is 8.54. The number of carbonyl (C=O) groups is 2. The maximum atomic E-state index is 12.6. The molecule has 0 saturated carbocycles. The van der Waals surface area contributed by atoms with Crippen molar-refractivity contribution in [3.63, 3.8) is 0 Å². The smallest absolute Gasteiger partial charge is 0.337 e. The summed E-state index contributed by atoms with van der Waals surface area (Å²) in [6, 6.07) is 6.22. The summed E-state index contributed by atoms with van der Waals surface area (Å²) in [5.74, 6) is -2.01. The van der Waals surface area contributed by atoms with E-state index in [4.69, 9.17) is 50.8 Å². The van der Waals surface area contributed by atoms with Crippen molar-refractivity contribution in [1.82, 2.24) is 0 Å². The molecule has 0 saturated heterocycles. The fourth-order valence-corrected chi connectivity index (χ4v) is 4.59. The van der Waals surface area contributed by atoms with E-state index in [1.165, 1.54) is 24.3 Å². The quantitative estimate of drug-likeness (QED) is 0.216. The summed E-state index contributed by atoms with van der Waals surface area (Å²) in [5, 5.41) is 19.7. The van der Waals surface area contributed by atoms with E-state index in [9.17, 15) is 24.6 Å². The molecule has 2 N–H and O–H groups in total. The lowest BCUT2D eigenvalue weighted by Gasteiger charge is -2.20. The van der Waals surface area contributed by atoms with E-state index in [0.29, 0.717) is 0 Å². The summed E-state index contributed by atoms with van der Waals surface area (Å²) in [5.41, 5.74) is -0.459. The molecule has 0 atom stereocenters. The predicted octanol–water partition coefficient (Wildman–Crippen LogP) is 7.17. The molecule has 1 aliphatic heterocycles. The molecule has 2 aromatic rings. The highest BCUT2D eigenvalue weighted by Gasteiger charge is 2.29. The number of hydrogen-bond donors (Lipinski definition) is 2. The first-order valence-electron chi connectivity index (χ1n) is 9.42. The van der Waals surface area contributed by atoms with E-state index in [0.717, 1.165) is 6.07 Å². The molecule has 1 heterocycles. The van der Waals surface area contributed by atoms with Crippen molar-refractivity contribution in [2.45, 2.75) is 13.3 Å². The van der Waals surface area contributed by atoms with Crippen LogP contribution in [0.15, 0.2) is 39.5 Å². The number of aromatic hydroxyl groups is 1. The maximum Gasteiger partial charge on any atom is 0.337 e. The molecule has 0 spiro atoms. The lowest BCUT2D eigenvalue weighted by molar-refractivity contribution is 0.0697. The summed E-state index contributed by atoms with van der Waals surface area (Å²) in [6.07, 6.45) is 0.0958. The average Bonchev–Trinajstić information content (AvgIpc) is 2.75. The van der Waals surface area contributed by atoms with Gasteiger partial charge < -0.3 is 14.6 Å². The topological polar surface area (TPSA) is 105 Å². The van der Waals surface area contributed by atoms with Crippen LogP contribution in [-0.2, 0) is 0 Å². The van der Waals surface area contributed by atoms with E-state index in [1.54, 1.807) is 6.92 Å². The highest BCUT2D eigenvalue weighted by molar-refractivity contribution is 6.42. The number of carboxylic acids is 1. The van der Waals surface area contributed by atoms with E-state index < -0.39 is 11.4 Å². The van der Waals surface area contributed by atoms with Gasteiger partial charge in [0, 0.05) is 46.2 Å². The van der Waals surface area contributed by atoms with Gasteiger partial charge in [-0.3, -0.25) is 9.59 Å². The lowest BCUT2D eigenvalue weighted by Crippen LogP contribution is -2.09. The number of aromatic carboxylic acids is 1. The molecule has 4 rings (SSSR count). The molecular weight excluding hydrogens is 514 g/mol. The number of Topliss-reactive ketones (excluding diaryl/α,β-unsaturated/α-hetero) is 1. The Labute approximate surface area is 206 Å². The molecule has 0 bridgehead atoms. The number of rotatable bonds is 4. The number of carbonyl (C=O) groups excluding carboxylic acids is 1. The number of phenolic OH excluding ortho intramolecular Hbond substituents is 1. The van der Waals surface area contributed by atoms with Gasteiger partial charge in [0.05, 0.1) is 25.7 Å². The first-order chi connectivity index (χ1) is 15.5. The van der Waals surface area contributed by atoms with Crippen LogP contribution < -0.4 is 5.43 Å². The summed E-state index contributed by atoms with van der Waals surface area (Å²) in [4.78, 5) is 37.0. The predicted molar refractivity (Wildman–Crippen MR) is 128 cm³/mol. The fraction of sp³-hybridized carbons (Fsp3) is 0.0870. The second-order valence-corrected chi connectivity index (χ2v) is 8.71. The largest absolute Gasteiger partial charge is 0.506 e. The van der Waals surface area contributed by atoms with Gasteiger partial charge in [-0.25, -0.2) is 4.79 Å². The number of phenols is 1. The molecule has 0 unspecified atom stereocenters. The average molecular weight is 526 g/mol. The van der Waals surface area contributed by atoms with Gasteiger partial charge in [0.2, 0.25) is 5.43 Å². The number of benzene rings is 3. The third-order valence-corrected chi connectivity index (χ3v) is 6.43. The minimum atomic E-state index is -1.40. The molecule has 10 heteroatoms. The summed E-state index contributed by atoms with van der Waals surface area (Å²) in [7, 11) is 0. The van der Waals surface area contributed by atoms with Crippen molar-refractivity contribution in [3.05, 3.63) is 71.8 Å². The Balaban J connectivity index is 2.33. The van der Waals surface area contributed by atoms with Gasteiger partial charge in [-0.15, -0.1) is 0 Å². The molecule has 2 aliphatic rings. The van der Waals surface area contributed by atoms with Gasteiger partial charge in [0.15, 0.2) is 5.78 Å². The van der Waals surface area contributed by atoms with Gasteiger partial charge in [0.25, 0.3) is 0 Å². The molecule has 33 heavy (non-hydrogen) atoms. The van der Waals surface area contributed by atoms with Crippen LogP contribution in [0.1, 0.15) is 34.1 Å². The number of carboxylic acid groups (broad SMARTS) is 1. The summed E-state index contributed by atoms with van der Waals surface area (Å²) < 4.78 is 5.78. The number of hydrogen-bond acceptors (Lipinski definition) is 5. The van der Waals surface area contributed by atoms with Crippen LogP contribution in [0.3, 0.4) is 0 Å². The molecular formula is C23H12Cl4O6. The number of fused-ring (bicyclic) bond motifs is 2. The summed E-state index contributed by atoms with van der Waals surface area (Å²) >= 11 is 25.2. The first-order valence-corrected chi connectivity index (χ1v) is 10.9. The van der Waals surface area contributed by atoms with Gasteiger partial charge in [-0.05, 0) is 18.2 Å². The zero-order valence-corrected chi connectivity index (χ0v) is 19.7. The third kappa shape index (κ3) is 3.83. The van der Waals surface area contributed by atoms with E-state index >= 15 is 0 Å². The van der Waals surface area contributed by atoms with Crippen LogP contribution in [0.25, 0.3) is 33.4 Å². The highest BCUT2D eigenvalue weighted by Crippen LogP contribution is 2.48. The second-order valence-electron chi connectivity index (χ2n) is 7.11. The maximum absolute atomic E-state index is 12.6. The lowest BCUT2D eigenvalue weighted by atomic mass is 9.88. The monoisotopic (exact) mass is 524 g/mol. The van der Waals surface area contributed by atoms with Gasteiger partial charge in [-0.2, -0.15) is 0 Å². The normalized spacial score (nSPS) is 11.3. The Morgan fingerprint density at radius 1 is 0.939 bits per heavy atom. The zero-order valence-electron chi connectivity index (χ0n) is 16.6. The zero-order chi connectivity index (χ0) is 24.2. The van der Waals surface area contributed by atoms with Crippen molar-refractivity contribution in [2.75, 3.05) is 0 Å². The molecule has 0 aromatic heterocycles. The fourth-order valence-electron chi connectivity index (χ4n) is 3.63. The summed E-state index contributed by atoms with van der Waals surface area (Å²) in [6.45, 7) is 1.63. The van der Waals surface area contributed by atoms with E-state index in [1.807, 2.05) is 0 Å². The minimum absolute atomic E-state index is 0.0303. The first kappa shape index (κ1) is 23.4. The SMILES string of the molecule is CCC(=O)c1cc(Cl)c(C(=O)O)c(-c2c3cc(Cl)c(=O)cc-3oc3cc(O)c(Cl)cc23)c1Cl. The van der Waals surface area contributed by atoms with Crippen LogP contribution >= 0.6 is 46.4 Å². The van der Waals surface area contributed by atoms with Crippen LogP contribution in [0.5, 0.6) is 5.75 Å². The van der Waals surface area contributed by atoms with Gasteiger partial charge in [-0.1, -0.05) is 53.3 Å². The number of ketones is 1. The Morgan fingerprint density at radius 3 is 2.27 bits per heavy atom. The Bertz CT molecular complexity index is 1520. The molecule has 6 nitrogen and oxygen atoms in total.